The molecule has 126 valence electrons. The van der Waals surface area contributed by atoms with Crippen LogP contribution in [0.4, 0.5) is 13.6 Å². The van der Waals surface area contributed by atoms with Gasteiger partial charge in [-0.25, -0.2) is 13.6 Å². The fourth-order valence-electron chi connectivity index (χ4n) is 2.71. The highest BCUT2D eigenvalue weighted by Crippen LogP contribution is 2.28. The molecule has 24 heavy (non-hydrogen) atoms. The Labute approximate surface area is 137 Å². The SMILES string of the molecule is Cn1cc([C@@]2(C)NC(=O)N(CCc3ccc(F)c(F)c3)C2=O)cn1. The summed E-state index contributed by atoms with van der Waals surface area (Å²) < 4.78 is 27.7. The summed E-state index contributed by atoms with van der Waals surface area (Å²) in [5.41, 5.74) is -0.0949. The monoisotopic (exact) mass is 334 g/mol. The third-order valence-electron chi connectivity index (χ3n) is 4.17. The Hall–Kier alpha value is -2.77. The van der Waals surface area contributed by atoms with Gasteiger partial charge in [0.25, 0.3) is 5.91 Å². The fraction of sp³-hybridized carbons (Fsp3) is 0.312. The Kier molecular flexibility index (Phi) is 3.82. The minimum atomic E-state index is -1.18. The molecule has 8 heteroatoms. The molecular weight excluding hydrogens is 318 g/mol. The molecule has 0 saturated carbocycles. The molecule has 1 atom stereocenters. The first-order valence-electron chi connectivity index (χ1n) is 7.38. The number of carbonyl (C=O) groups excluding carboxylic acids is 2. The van der Waals surface area contributed by atoms with Crippen LogP contribution in [0.5, 0.6) is 0 Å². The zero-order valence-corrected chi connectivity index (χ0v) is 13.2. The molecule has 1 N–H and O–H groups in total. The van der Waals surface area contributed by atoms with Crippen molar-refractivity contribution in [3.63, 3.8) is 0 Å². The van der Waals surface area contributed by atoms with Crippen molar-refractivity contribution in [3.8, 4) is 0 Å². The normalized spacial score (nSPS) is 20.6. The molecule has 1 saturated heterocycles. The van der Waals surface area contributed by atoms with Crippen molar-refractivity contribution in [1.82, 2.24) is 20.0 Å². The molecule has 0 unspecified atom stereocenters. The van der Waals surface area contributed by atoms with E-state index in [4.69, 9.17) is 0 Å². The second-order valence-electron chi connectivity index (χ2n) is 5.91. The first kappa shape index (κ1) is 16.1. The summed E-state index contributed by atoms with van der Waals surface area (Å²) in [6.45, 7) is 1.69. The molecule has 1 fully saturated rings. The van der Waals surface area contributed by atoms with Crippen molar-refractivity contribution in [2.45, 2.75) is 18.9 Å². The Morgan fingerprint density at radius 2 is 2.00 bits per heavy atom. The zero-order valence-electron chi connectivity index (χ0n) is 13.2. The maximum atomic E-state index is 13.2. The van der Waals surface area contributed by atoms with Crippen LogP contribution in [0.1, 0.15) is 18.1 Å². The van der Waals surface area contributed by atoms with E-state index in [-0.39, 0.29) is 13.0 Å². The van der Waals surface area contributed by atoms with Crippen LogP contribution in [0, 0.1) is 11.6 Å². The zero-order chi connectivity index (χ0) is 17.5. The molecule has 1 aliphatic heterocycles. The third kappa shape index (κ3) is 2.64. The lowest BCUT2D eigenvalue weighted by Crippen LogP contribution is -2.40. The molecular formula is C16H16F2N4O2. The standard InChI is InChI=1S/C16H16F2N4O2/c1-16(11-8-19-21(2)9-11)14(23)22(15(24)20-16)6-5-10-3-4-12(17)13(18)7-10/h3-4,7-9H,5-6H2,1-2H3,(H,20,24)/t16-/m1/s1. The number of nitrogens with one attached hydrogen (secondary N) is 1. The molecule has 1 aromatic heterocycles. The number of carbonyl (C=O) groups is 2. The highest BCUT2D eigenvalue weighted by atomic mass is 19.2. The lowest BCUT2D eigenvalue weighted by Gasteiger charge is -2.20. The lowest BCUT2D eigenvalue weighted by atomic mass is 9.95. The van der Waals surface area contributed by atoms with Crippen LogP contribution in [0.25, 0.3) is 0 Å². The first-order valence-corrected chi connectivity index (χ1v) is 7.38. The van der Waals surface area contributed by atoms with Crippen molar-refractivity contribution in [2.24, 2.45) is 7.05 Å². The number of nitrogens with zero attached hydrogens (tertiary/aromatic N) is 3. The van der Waals surface area contributed by atoms with Crippen LogP contribution >= 0.6 is 0 Å². The van der Waals surface area contributed by atoms with Crippen LogP contribution in [0.2, 0.25) is 0 Å². The maximum Gasteiger partial charge on any atom is 0.325 e. The molecule has 3 amide bonds. The number of aryl methyl sites for hydroxylation is 1. The summed E-state index contributed by atoms with van der Waals surface area (Å²) in [5, 5.41) is 6.69. The van der Waals surface area contributed by atoms with Crippen LogP contribution in [0.3, 0.4) is 0 Å². The smallest absolute Gasteiger partial charge is 0.319 e. The number of aromatic nitrogens is 2. The van der Waals surface area contributed by atoms with Gasteiger partial charge in [0.2, 0.25) is 0 Å². The fourth-order valence-corrected chi connectivity index (χ4v) is 2.71. The first-order chi connectivity index (χ1) is 11.3. The van der Waals surface area contributed by atoms with E-state index < -0.39 is 29.1 Å². The second kappa shape index (κ2) is 5.70. The number of imide groups is 1. The molecule has 1 aromatic carbocycles. The number of urea groups is 1. The van der Waals surface area contributed by atoms with Gasteiger partial charge in [0, 0.05) is 25.4 Å². The van der Waals surface area contributed by atoms with Gasteiger partial charge in [0.05, 0.1) is 6.20 Å². The number of amides is 3. The maximum absolute atomic E-state index is 13.2. The van der Waals surface area contributed by atoms with Gasteiger partial charge >= 0.3 is 6.03 Å². The van der Waals surface area contributed by atoms with Gasteiger partial charge in [-0.2, -0.15) is 5.10 Å². The summed E-state index contributed by atoms with van der Waals surface area (Å²) in [6.07, 6.45) is 3.42. The van der Waals surface area contributed by atoms with E-state index >= 15 is 0 Å². The number of rotatable bonds is 4. The van der Waals surface area contributed by atoms with E-state index in [0.29, 0.717) is 11.1 Å². The lowest BCUT2D eigenvalue weighted by molar-refractivity contribution is -0.131. The van der Waals surface area contributed by atoms with Gasteiger partial charge in [-0.15, -0.1) is 0 Å². The summed E-state index contributed by atoms with van der Waals surface area (Å²) in [7, 11) is 1.72. The molecule has 2 aromatic rings. The molecule has 2 heterocycles. The van der Waals surface area contributed by atoms with E-state index in [1.807, 2.05) is 0 Å². The van der Waals surface area contributed by atoms with Crippen molar-refractivity contribution < 1.29 is 18.4 Å². The van der Waals surface area contributed by atoms with Crippen LogP contribution in [-0.2, 0) is 23.8 Å². The van der Waals surface area contributed by atoms with E-state index in [1.54, 1.807) is 24.9 Å². The molecule has 0 bridgehead atoms. The number of benzene rings is 1. The summed E-state index contributed by atoms with van der Waals surface area (Å²) in [5.74, 6) is -2.29. The predicted octanol–water partition coefficient (Wildman–Crippen LogP) is 1.71. The molecule has 3 rings (SSSR count). The van der Waals surface area contributed by atoms with Gasteiger partial charge in [0.1, 0.15) is 5.54 Å². The highest BCUT2D eigenvalue weighted by molar-refractivity contribution is 6.07. The van der Waals surface area contributed by atoms with Gasteiger partial charge < -0.3 is 5.32 Å². The predicted molar refractivity (Wildman–Crippen MR) is 80.9 cm³/mol. The average molecular weight is 334 g/mol. The van der Waals surface area contributed by atoms with Crippen molar-refractivity contribution >= 4 is 11.9 Å². The highest BCUT2D eigenvalue weighted by Gasteiger charge is 2.49. The molecule has 0 spiro atoms. The minimum Gasteiger partial charge on any atom is -0.319 e. The van der Waals surface area contributed by atoms with Gasteiger partial charge in [-0.3, -0.25) is 14.4 Å². The number of hydrogen-bond donors (Lipinski definition) is 1. The number of hydrogen-bond acceptors (Lipinski definition) is 3. The van der Waals surface area contributed by atoms with Crippen LogP contribution < -0.4 is 5.32 Å². The second-order valence-corrected chi connectivity index (χ2v) is 5.91. The van der Waals surface area contributed by atoms with Gasteiger partial charge in [0.15, 0.2) is 11.6 Å². The Balaban J connectivity index is 1.76. The average Bonchev–Trinajstić information content (AvgIpc) is 3.05. The summed E-state index contributed by atoms with van der Waals surface area (Å²) in [4.78, 5) is 25.9. The van der Waals surface area contributed by atoms with E-state index in [1.165, 1.54) is 12.3 Å². The number of halogens is 2. The molecule has 0 aliphatic carbocycles. The van der Waals surface area contributed by atoms with Crippen molar-refractivity contribution in [3.05, 3.63) is 53.4 Å². The summed E-state index contributed by atoms with van der Waals surface area (Å²) >= 11 is 0. The van der Waals surface area contributed by atoms with Crippen LogP contribution in [0.15, 0.2) is 30.6 Å². The topological polar surface area (TPSA) is 67.2 Å². The van der Waals surface area contributed by atoms with Crippen LogP contribution in [-0.4, -0.2) is 33.2 Å². The van der Waals surface area contributed by atoms with Gasteiger partial charge in [-0.05, 0) is 31.0 Å². The van der Waals surface area contributed by atoms with E-state index in [0.717, 1.165) is 17.0 Å². The van der Waals surface area contributed by atoms with Crippen molar-refractivity contribution in [2.75, 3.05) is 6.54 Å². The van der Waals surface area contributed by atoms with Gasteiger partial charge in [-0.1, -0.05) is 6.07 Å². The van der Waals surface area contributed by atoms with Crippen molar-refractivity contribution in [1.29, 1.82) is 0 Å². The molecule has 6 nitrogen and oxygen atoms in total. The summed E-state index contributed by atoms with van der Waals surface area (Å²) in [6, 6.07) is 3.00. The van der Waals surface area contributed by atoms with E-state index in [9.17, 15) is 18.4 Å². The van der Waals surface area contributed by atoms with E-state index in [2.05, 4.69) is 10.4 Å². The molecule has 1 aliphatic rings. The third-order valence-corrected chi connectivity index (χ3v) is 4.17. The Morgan fingerprint density at radius 1 is 1.25 bits per heavy atom. The quantitative estimate of drug-likeness (QED) is 0.866. The Bertz CT molecular complexity index is 820. The largest absolute Gasteiger partial charge is 0.325 e. The molecule has 0 radical (unpaired) electrons. The minimum absolute atomic E-state index is 0.0750. The Morgan fingerprint density at radius 3 is 2.62 bits per heavy atom.